The van der Waals surface area contributed by atoms with Gasteiger partial charge in [-0.2, -0.15) is 0 Å². The van der Waals surface area contributed by atoms with Crippen LogP contribution in [-0.2, 0) is 16.0 Å². The van der Waals surface area contributed by atoms with Crippen molar-refractivity contribution in [2.45, 2.75) is 57.6 Å². The van der Waals surface area contributed by atoms with Gasteiger partial charge in [0, 0.05) is 52.8 Å². The molecule has 6 rings (SSSR count). The van der Waals surface area contributed by atoms with E-state index in [2.05, 4.69) is 61.7 Å². The van der Waals surface area contributed by atoms with E-state index < -0.39 is 5.60 Å². The van der Waals surface area contributed by atoms with E-state index >= 15 is 0 Å². The predicted molar refractivity (Wildman–Crippen MR) is 124 cm³/mol. The molecule has 4 nitrogen and oxygen atoms in total. The van der Waals surface area contributed by atoms with E-state index in [0.29, 0.717) is 19.4 Å². The van der Waals surface area contributed by atoms with Crippen molar-refractivity contribution in [1.82, 2.24) is 4.57 Å². The number of rotatable bonds is 3. The molecule has 0 unspecified atom stereocenters. The molecule has 1 aliphatic carbocycles. The zero-order valence-electron chi connectivity index (χ0n) is 18.9. The van der Waals surface area contributed by atoms with Crippen molar-refractivity contribution in [2.24, 2.45) is 11.8 Å². The number of aromatic nitrogens is 1. The molecule has 0 amide bonds. The third-order valence-corrected chi connectivity index (χ3v) is 8.53. The van der Waals surface area contributed by atoms with Crippen molar-refractivity contribution >= 4 is 22.5 Å². The average molecular weight is 428 g/mol. The van der Waals surface area contributed by atoms with Crippen LogP contribution in [-0.4, -0.2) is 28.3 Å². The second-order valence-electron chi connectivity index (χ2n) is 10.0. The molecule has 1 saturated carbocycles. The van der Waals surface area contributed by atoms with Crippen LogP contribution in [0, 0.1) is 18.8 Å². The number of ketones is 2. The van der Waals surface area contributed by atoms with E-state index in [4.69, 9.17) is 4.74 Å². The maximum atomic E-state index is 14.1. The molecule has 0 spiro atoms. The number of hydrogen-bond acceptors (Lipinski definition) is 3. The van der Waals surface area contributed by atoms with Gasteiger partial charge in [0.05, 0.1) is 18.2 Å². The number of benzene rings is 2. The summed E-state index contributed by atoms with van der Waals surface area (Å²) in [6.07, 6.45) is 1.84. The van der Waals surface area contributed by atoms with Crippen LogP contribution in [0.5, 0.6) is 0 Å². The van der Waals surface area contributed by atoms with E-state index in [1.165, 1.54) is 22.2 Å². The molecule has 2 aliphatic heterocycles. The smallest absolute Gasteiger partial charge is 0.167 e. The van der Waals surface area contributed by atoms with Gasteiger partial charge in [0.15, 0.2) is 5.78 Å². The highest BCUT2D eigenvalue weighted by molar-refractivity contribution is 6.00. The molecule has 4 heteroatoms. The number of hydrogen-bond donors (Lipinski definition) is 0. The first-order valence-electron chi connectivity index (χ1n) is 11.8. The molecule has 3 heterocycles. The van der Waals surface area contributed by atoms with Gasteiger partial charge in [-0.3, -0.25) is 9.59 Å². The first-order valence-corrected chi connectivity index (χ1v) is 11.8. The lowest BCUT2D eigenvalue weighted by molar-refractivity contribution is -0.171. The number of aryl methyl sites for hydroxylation is 2. The van der Waals surface area contributed by atoms with Crippen LogP contribution in [0.1, 0.15) is 65.8 Å². The lowest BCUT2D eigenvalue weighted by Crippen LogP contribution is -2.56. The zero-order chi connectivity index (χ0) is 22.2. The van der Waals surface area contributed by atoms with Crippen LogP contribution in [0.15, 0.2) is 48.5 Å². The zero-order valence-corrected chi connectivity index (χ0v) is 18.9. The summed E-state index contributed by atoms with van der Waals surface area (Å²) in [6.45, 7) is 6.95. The van der Waals surface area contributed by atoms with Crippen LogP contribution in [0.3, 0.4) is 0 Å². The molecule has 3 aromatic rings. The Kier molecular flexibility index (Phi) is 4.29. The SMILES string of the molecule is CCc1ccc(C(=O)[C@@H]2[C@@H]3CO[C@@]4(C)[C@H](CC(=O)C[C@@H]24)n2c3c(C)c3ccccc32)cc1. The predicted octanol–water partition coefficient (Wildman–Crippen LogP) is 5.42. The van der Waals surface area contributed by atoms with E-state index in [1.807, 2.05) is 12.1 Å². The third kappa shape index (κ3) is 2.53. The van der Waals surface area contributed by atoms with Gasteiger partial charge in [0.1, 0.15) is 5.78 Å². The topological polar surface area (TPSA) is 48.3 Å². The minimum Gasteiger partial charge on any atom is -0.372 e. The van der Waals surface area contributed by atoms with Crippen LogP contribution in [0.2, 0.25) is 0 Å². The summed E-state index contributed by atoms with van der Waals surface area (Å²) in [5.74, 6) is -0.0104. The van der Waals surface area contributed by atoms with Crippen molar-refractivity contribution in [3.8, 4) is 0 Å². The first kappa shape index (κ1) is 19.9. The number of carbonyl (C=O) groups is 2. The van der Waals surface area contributed by atoms with Gasteiger partial charge in [-0.15, -0.1) is 0 Å². The quantitative estimate of drug-likeness (QED) is 0.525. The molecule has 2 fully saturated rings. The summed E-state index contributed by atoms with van der Waals surface area (Å²) >= 11 is 0. The number of ether oxygens (including phenoxy) is 1. The van der Waals surface area contributed by atoms with Crippen molar-refractivity contribution < 1.29 is 14.3 Å². The van der Waals surface area contributed by atoms with Crippen molar-refractivity contribution in [3.05, 3.63) is 70.9 Å². The summed E-state index contributed by atoms with van der Waals surface area (Å²) in [4.78, 5) is 27.1. The Bertz CT molecular complexity index is 1250. The largest absolute Gasteiger partial charge is 0.372 e. The number of fused-ring (bicyclic) bond motifs is 6. The van der Waals surface area contributed by atoms with Crippen LogP contribution < -0.4 is 0 Å². The molecule has 4 bridgehead atoms. The minimum absolute atomic E-state index is 0.0465. The third-order valence-electron chi connectivity index (χ3n) is 8.53. The Balaban J connectivity index is 1.59. The molecule has 2 aromatic carbocycles. The summed E-state index contributed by atoms with van der Waals surface area (Å²) in [7, 11) is 0. The lowest BCUT2D eigenvalue weighted by atomic mass is 9.61. The fraction of sp³-hybridized carbons (Fsp3) is 0.429. The van der Waals surface area contributed by atoms with Crippen LogP contribution in [0.4, 0.5) is 0 Å². The molecular weight excluding hydrogens is 398 g/mol. The second-order valence-corrected chi connectivity index (χ2v) is 10.0. The van der Waals surface area contributed by atoms with E-state index in [-0.39, 0.29) is 35.4 Å². The maximum Gasteiger partial charge on any atom is 0.167 e. The van der Waals surface area contributed by atoms with Gasteiger partial charge in [-0.05, 0) is 37.5 Å². The fourth-order valence-electron chi connectivity index (χ4n) is 6.84. The molecule has 1 aromatic heterocycles. The van der Waals surface area contributed by atoms with E-state index in [1.54, 1.807) is 0 Å². The van der Waals surface area contributed by atoms with Gasteiger partial charge in [0.25, 0.3) is 0 Å². The van der Waals surface area contributed by atoms with Crippen LogP contribution >= 0.6 is 0 Å². The molecular formula is C28H29NO3. The molecule has 32 heavy (non-hydrogen) atoms. The number of nitrogens with zero attached hydrogens (tertiary/aromatic N) is 1. The van der Waals surface area contributed by atoms with Gasteiger partial charge in [0.2, 0.25) is 0 Å². The molecule has 1 saturated heterocycles. The molecule has 164 valence electrons. The Labute approximate surface area is 188 Å². The first-order chi connectivity index (χ1) is 15.4. The fourth-order valence-corrected chi connectivity index (χ4v) is 6.84. The monoisotopic (exact) mass is 427 g/mol. The van der Waals surface area contributed by atoms with Crippen LogP contribution in [0.25, 0.3) is 10.9 Å². The standard InChI is InChI=1S/C28H29NO3/c1-4-17-9-11-18(12-10-17)27(31)25-21-15-32-28(3)22(25)13-19(30)14-24(28)29-23-8-6-5-7-20(23)16(2)26(21)29/h5-12,21-22,24-25H,4,13-15H2,1-3H3/t21-,22-,24-,25+,28+/m0/s1. The maximum absolute atomic E-state index is 14.1. The molecule has 0 radical (unpaired) electrons. The average Bonchev–Trinajstić information content (AvgIpc) is 3.01. The highest BCUT2D eigenvalue weighted by Crippen LogP contribution is 2.59. The molecule has 3 aliphatic rings. The summed E-state index contributed by atoms with van der Waals surface area (Å²) in [6, 6.07) is 16.4. The van der Waals surface area contributed by atoms with E-state index in [0.717, 1.165) is 17.5 Å². The summed E-state index contributed by atoms with van der Waals surface area (Å²) < 4.78 is 8.95. The van der Waals surface area contributed by atoms with Crippen molar-refractivity contribution in [3.63, 3.8) is 0 Å². The summed E-state index contributed by atoms with van der Waals surface area (Å²) in [5, 5.41) is 1.21. The number of Topliss-reactive ketones (excluding diaryl/α,β-unsaturated/α-hetero) is 2. The highest BCUT2D eigenvalue weighted by atomic mass is 16.5. The van der Waals surface area contributed by atoms with Crippen molar-refractivity contribution in [2.75, 3.05) is 6.61 Å². The van der Waals surface area contributed by atoms with Gasteiger partial charge >= 0.3 is 0 Å². The van der Waals surface area contributed by atoms with E-state index in [9.17, 15) is 9.59 Å². The summed E-state index contributed by atoms with van der Waals surface area (Å²) in [5.41, 5.74) is 5.01. The highest BCUT2D eigenvalue weighted by Gasteiger charge is 2.61. The lowest BCUT2D eigenvalue weighted by Gasteiger charge is -2.51. The Morgan fingerprint density at radius 2 is 1.88 bits per heavy atom. The van der Waals surface area contributed by atoms with Gasteiger partial charge < -0.3 is 9.30 Å². The second kappa shape index (κ2) is 6.89. The van der Waals surface area contributed by atoms with Gasteiger partial charge in [-0.1, -0.05) is 49.4 Å². The Hall–Kier alpha value is -2.72. The number of carbonyl (C=O) groups excluding carboxylic acids is 2. The molecule has 0 N–H and O–H groups in total. The van der Waals surface area contributed by atoms with Crippen molar-refractivity contribution in [1.29, 1.82) is 0 Å². The normalized spacial score (nSPS) is 30.9. The minimum atomic E-state index is -0.534. The Morgan fingerprint density at radius 3 is 2.62 bits per heavy atom. The Morgan fingerprint density at radius 1 is 1.12 bits per heavy atom. The molecule has 5 atom stereocenters. The van der Waals surface area contributed by atoms with Gasteiger partial charge in [-0.25, -0.2) is 0 Å². The number of para-hydroxylation sites is 1.